The van der Waals surface area contributed by atoms with Crippen LogP contribution in [0.5, 0.6) is 0 Å². The quantitative estimate of drug-likeness (QED) is 0.523. The molecular weight excluding hydrogens is 308 g/mol. The van der Waals surface area contributed by atoms with Crippen molar-refractivity contribution in [3.63, 3.8) is 0 Å². The maximum Gasteiger partial charge on any atom is 0.0751 e. The van der Waals surface area contributed by atoms with Gasteiger partial charge in [0.05, 0.1) is 15.0 Å². The van der Waals surface area contributed by atoms with Gasteiger partial charge >= 0.3 is 0 Å². The van der Waals surface area contributed by atoms with Gasteiger partial charge in [-0.05, 0) is 20.3 Å². The summed E-state index contributed by atoms with van der Waals surface area (Å²) in [4.78, 5) is 4.96. The number of nitrogens with one attached hydrogen (secondary N) is 3. The minimum atomic E-state index is 0.836. The molecule has 0 atom stereocenters. The Labute approximate surface area is 139 Å². The van der Waals surface area contributed by atoms with Gasteiger partial charge in [-0.2, -0.15) is 0 Å². The van der Waals surface area contributed by atoms with Crippen LogP contribution in [0.15, 0.2) is 0 Å². The summed E-state index contributed by atoms with van der Waals surface area (Å²) >= 11 is 15.2. The van der Waals surface area contributed by atoms with E-state index in [1.54, 1.807) is 0 Å². The van der Waals surface area contributed by atoms with Crippen molar-refractivity contribution in [1.82, 2.24) is 20.9 Å². The van der Waals surface area contributed by atoms with Crippen LogP contribution in [0, 0.1) is 0 Å². The first kappa shape index (κ1) is 19.6. The number of hydrogen-bond donors (Lipinski definition) is 3. The minimum absolute atomic E-state index is 0.836. The first-order chi connectivity index (χ1) is 9.45. The van der Waals surface area contributed by atoms with Crippen molar-refractivity contribution >= 4 is 51.6 Å². The zero-order valence-electron chi connectivity index (χ0n) is 12.6. The van der Waals surface area contributed by atoms with E-state index in [0.717, 1.165) is 60.7 Å². The van der Waals surface area contributed by atoms with Gasteiger partial charge in [-0.15, -0.1) is 0 Å². The third-order valence-corrected chi connectivity index (χ3v) is 3.40. The predicted molar refractivity (Wildman–Crippen MR) is 99.9 cm³/mol. The van der Waals surface area contributed by atoms with Crippen LogP contribution in [0.1, 0.15) is 27.2 Å². The molecule has 0 aromatic heterocycles. The minimum Gasteiger partial charge on any atom is -0.379 e. The summed E-state index contributed by atoms with van der Waals surface area (Å²) in [7, 11) is 0. The molecule has 20 heavy (non-hydrogen) atoms. The molecule has 0 spiro atoms. The maximum atomic E-state index is 5.16. The van der Waals surface area contributed by atoms with Crippen LogP contribution in [0.3, 0.4) is 0 Å². The Balaban J connectivity index is 3.99. The summed E-state index contributed by atoms with van der Waals surface area (Å²) in [5, 5.41) is 9.62. The molecule has 0 rings (SSSR count). The van der Waals surface area contributed by atoms with Gasteiger partial charge in [0.15, 0.2) is 0 Å². The molecule has 0 saturated carbocycles. The Morgan fingerprint density at radius 2 is 1.20 bits per heavy atom. The SMILES string of the molecule is CCC(=S)NCCN(CCNC(C)=S)CCNC(C)=S. The van der Waals surface area contributed by atoms with Gasteiger partial charge in [0.25, 0.3) is 0 Å². The van der Waals surface area contributed by atoms with Gasteiger partial charge in [-0.3, -0.25) is 4.90 Å². The van der Waals surface area contributed by atoms with E-state index in [2.05, 4.69) is 27.8 Å². The summed E-state index contributed by atoms with van der Waals surface area (Å²) in [5.74, 6) is 0. The fourth-order valence-corrected chi connectivity index (χ4v) is 1.90. The second-order valence-corrected chi connectivity index (χ2v) is 6.23. The molecule has 0 radical (unpaired) electrons. The lowest BCUT2D eigenvalue weighted by Gasteiger charge is -2.23. The van der Waals surface area contributed by atoms with E-state index >= 15 is 0 Å². The van der Waals surface area contributed by atoms with E-state index in [1.807, 2.05) is 13.8 Å². The molecule has 0 aromatic carbocycles. The number of hydrogen-bond acceptors (Lipinski definition) is 4. The first-order valence-corrected chi connectivity index (χ1v) is 8.16. The fraction of sp³-hybridized carbons (Fsp3) is 0.769. The van der Waals surface area contributed by atoms with Crippen molar-refractivity contribution in [3.05, 3.63) is 0 Å². The number of thiocarbonyl (C=S) groups is 3. The van der Waals surface area contributed by atoms with E-state index in [4.69, 9.17) is 36.7 Å². The predicted octanol–water partition coefficient (Wildman–Crippen LogP) is 1.49. The van der Waals surface area contributed by atoms with E-state index in [1.165, 1.54) is 0 Å². The molecule has 0 aliphatic rings. The average molecular weight is 335 g/mol. The van der Waals surface area contributed by atoms with Gasteiger partial charge in [0, 0.05) is 39.3 Å². The van der Waals surface area contributed by atoms with Crippen LogP contribution in [-0.2, 0) is 0 Å². The summed E-state index contributed by atoms with van der Waals surface area (Å²) in [6, 6.07) is 0. The summed E-state index contributed by atoms with van der Waals surface area (Å²) in [6.45, 7) is 11.3. The summed E-state index contributed by atoms with van der Waals surface area (Å²) in [5.41, 5.74) is 0. The Bertz CT molecular complexity index is 301. The highest BCUT2D eigenvalue weighted by Gasteiger charge is 2.05. The first-order valence-electron chi connectivity index (χ1n) is 6.93. The third-order valence-electron chi connectivity index (χ3n) is 2.68. The van der Waals surface area contributed by atoms with Gasteiger partial charge < -0.3 is 16.0 Å². The van der Waals surface area contributed by atoms with Crippen molar-refractivity contribution in [2.75, 3.05) is 39.3 Å². The third kappa shape index (κ3) is 12.7. The van der Waals surface area contributed by atoms with Gasteiger partial charge in [-0.1, -0.05) is 43.6 Å². The Kier molecular flexibility index (Phi) is 12.1. The molecule has 0 fully saturated rings. The van der Waals surface area contributed by atoms with E-state index < -0.39 is 0 Å². The molecule has 0 aliphatic heterocycles. The fourth-order valence-electron chi connectivity index (χ4n) is 1.59. The van der Waals surface area contributed by atoms with Crippen LogP contribution in [0.25, 0.3) is 0 Å². The normalized spacial score (nSPS) is 10.2. The standard InChI is InChI=1S/C13H26N4S3/c1-4-13(20)16-7-10-17(8-5-14-11(2)18)9-6-15-12(3)19/h4-10H2,1-3H3,(H,14,18)(H,15,19)(H,16,20). The molecule has 0 unspecified atom stereocenters. The summed E-state index contributed by atoms with van der Waals surface area (Å²) < 4.78 is 0. The molecule has 0 saturated heterocycles. The average Bonchev–Trinajstić information content (AvgIpc) is 2.37. The smallest absolute Gasteiger partial charge is 0.0751 e. The van der Waals surface area contributed by atoms with Crippen molar-refractivity contribution in [2.24, 2.45) is 0 Å². The van der Waals surface area contributed by atoms with Crippen molar-refractivity contribution in [2.45, 2.75) is 27.2 Å². The van der Waals surface area contributed by atoms with E-state index in [0.29, 0.717) is 0 Å². The Morgan fingerprint density at radius 3 is 1.55 bits per heavy atom. The monoisotopic (exact) mass is 334 g/mol. The van der Waals surface area contributed by atoms with Crippen LogP contribution >= 0.6 is 36.7 Å². The molecular formula is C13H26N4S3. The topological polar surface area (TPSA) is 39.3 Å². The molecule has 0 aliphatic carbocycles. The second-order valence-electron chi connectivity index (χ2n) is 4.51. The lowest BCUT2D eigenvalue weighted by atomic mass is 10.4. The molecule has 0 heterocycles. The molecule has 4 nitrogen and oxygen atoms in total. The lowest BCUT2D eigenvalue weighted by Crippen LogP contribution is -2.42. The molecule has 0 bridgehead atoms. The lowest BCUT2D eigenvalue weighted by molar-refractivity contribution is 0.286. The summed E-state index contributed by atoms with van der Waals surface area (Å²) in [6.07, 6.45) is 0.895. The number of rotatable bonds is 10. The van der Waals surface area contributed by atoms with Crippen LogP contribution < -0.4 is 16.0 Å². The Morgan fingerprint density at radius 1 is 0.800 bits per heavy atom. The van der Waals surface area contributed by atoms with Crippen molar-refractivity contribution < 1.29 is 0 Å². The van der Waals surface area contributed by atoms with Crippen molar-refractivity contribution in [1.29, 1.82) is 0 Å². The molecule has 116 valence electrons. The zero-order valence-corrected chi connectivity index (χ0v) is 15.1. The number of nitrogens with zero attached hydrogens (tertiary/aromatic N) is 1. The molecule has 3 N–H and O–H groups in total. The largest absolute Gasteiger partial charge is 0.379 e. The van der Waals surface area contributed by atoms with Gasteiger partial charge in [0.1, 0.15) is 0 Å². The van der Waals surface area contributed by atoms with Gasteiger partial charge in [-0.25, -0.2) is 0 Å². The molecule has 0 amide bonds. The van der Waals surface area contributed by atoms with E-state index in [9.17, 15) is 0 Å². The highest BCUT2D eigenvalue weighted by atomic mass is 32.1. The van der Waals surface area contributed by atoms with Crippen molar-refractivity contribution in [3.8, 4) is 0 Å². The molecule has 0 aromatic rings. The highest BCUT2D eigenvalue weighted by Crippen LogP contribution is 1.88. The second kappa shape index (κ2) is 12.4. The Hall–Kier alpha value is -0.370. The highest BCUT2D eigenvalue weighted by molar-refractivity contribution is 7.80. The maximum absolute atomic E-state index is 5.16. The van der Waals surface area contributed by atoms with Crippen LogP contribution in [0.2, 0.25) is 0 Å². The molecule has 7 heteroatoms. The zero-order chi connectivity index (χ0) is 15.4. The van der Waals surface area contributed by atoms with Crippen LogP contribution in [0.4, 0.5) is 0 Å². The van der Waals surface area contributed by atoms with Crippen LogP contribution in [-0.4, -0.2) is 59.1 Å². The van der Waals surface area contributed by atoms with E-state index in [-0.39, 0.29) is 0 Å². The van der Waals surface area contributed by atoms with Gasteiger partial charge in [0.2, 0.25) is 0 Å².